The lowest BCUT2D eigenvalue weighted by Gasteiger charge is -2.36. The Kier molecular flexibility index (Phi) is 3.64. The lowest BCUT2D eigenvalue weighted by Crippen LogP contribution is -2.42. The Bertz CT molecular complexity index is 540. The summed E-state index contributed by atoms with van der Waals surface area (Å²) in [5, 5.41) is 0. The molecule has 18 heavy (non-hydrogen) atoms. The van der Waals surface area contributed by atoms with E-state index in [4.69, 9.17) is 5.73 Å². The first-order chi connectivity index (χ1) is 8.45. The van der Waals surface area contributed by atoms with Gasteiger partial charge >= 0.3 is 0 Å². The molecule has 0 radical (unpaired) electrons. The lowest BCUT2D eigenvalue weighted by atomic mass is 10.1. The number of nitrogens with two attached hydrogens (primary N) is 1. The Morgan fingerprint density at radius 2 is 2.17 bits per heavy atom. The molecule has 1 aromatic carbocycles. The van der Waals surface area contributed by atoms with E-state index >= 15 is 0 Å². The molecule has 1 aromatic rings. The number of nitrogens with zero attached hydrogens (tertiary/aromatic N) is 1. The van der Waals surface area contributed by atoms with Gasteiger partial charge in [-0.15, -0.1) is 0 Å². The van der Waals surface area contributed by atoms with Gasteiger partial charge in [0.15, 0.2) is 9.84 Å². The zero-order valence-corrected chi connectivity index (χ0v) is 11.7. The van der Waals surface area contributed by atoms with Gasteiger partial charge in [0.1, 0.15) is 0 Å². The monoisotopic (exact) mass is 268 g/mol. The molecule has 0 saturated heterocycles. The van der Waals surface area contributed by atoms with Crippen molar-refractivity contribution in [1.82, 2.24) is 0 Å². The van der Waals surface area contributed by atoms with Crippen molar-refractivity contribution in [2.24, 2.45) is 5.73 Å². The maximum atomic E-state index is 12.2. The molecule has 0 aliphatic carbocycles. The summed E-state index contributed by atoms with van der Waals surface area (Å²) in [5.41, 5.74) is 7.41. The summed E-state index contributed by atoms with van der Waals surface area (Å²) in [6, 6.07) is 5.55. The summed E-state index contributed by atoms with van der Waals surface area (Å²) >= 11 is 0. The van der Waals surface area contributed by atoms with Crippen LogP contribution in [0.5, 0.6) is 0 Å². The normalized spacial score (nSPS) is 21.7. The first kappa shape index (κ1) is 13.4. The van der Waals surface area contributed by atoms with E-state index in [0.717, 1.165) is 24.1 Å². The standard InChI is InChI=1S/C13H20N2O2S/c1-10-5-6-13-12(8-10)15(2)11(4-3-7-14)9-18(13,16)17/h5-6,8,11H,3-4,7,9,14H2,1-2H3. The molecule has 1 heterocycles. The molecule has 1 atom stereocenters. The Hall–Kier alpha value is -1.07. The smallest absolute Gasteiger partial charge is 0.182 e. The van der Waals surface area contributed by atoms with E-state index in [1.165, 1.54) is 0 Å². The second kappa shape index (κ2) is 4.90. The average Bonchev–Trinajstić information content (AvgIpc) is 2.31. The summed E-state index contributed by atoms with van der Waals surface area (Å²) < 4.78 is 24.5. The van der Waals surface area contributed by atoms with Gasteiger partial charge in [-0.05, 0) is 44.0 Å². The van der Waals surface area contributed by atoms with E-state index in [9.17, 15) is 8.42 Å². The topological polar surface area (TPSA) is 63.4 Å². The summed E-state index contributed by atoms with van der Waals surface area (Å²) in [4.78, 5) is 2.54. The largest absolute Gasteiger partial charge is 0.370 e. The van der Waals surface area contributed by atoms with Gasteiger partial charge in [-0.2, -0.15) is 0 Å². The Morgan fingerprint density at radius 3 is 2.83 bits per heavy atom. The molecular formula is C13H20N2O2S. The maximum absolute atomic E-state index is 12.2. The Balaban J connectivity index is 2.42. The molecule has 0 saturated carbocycles. The van der Waals surface area contributed by atoms with Crippen molar-refractivity contribution in [2.75, 3.05) is 24.2 Å². The zero-order chi connectivity index (χ0) is 13.3. The molecule has 1 aliphatic heterocycles. The molecule has 0 aromatic heterocycles. The fraction of sp³-hybridized carbons (Fsp3) is 0.538. The van der Waals surface area contributed by atoms with Crippen LogP contribution in [0.1, 0.15) is 18.4 Å². The van der Waals surface area contributed by atoms with Crippen molar-refractivity contribution in [2.45, 2.75) is 30.7 Å². The number of benzene rings is 1. The molecule has 0 fully saturated rings. The minimum absolute atomic E-state index is 0.0350. The Morgan fingerprint density at radius 1 is 1.44 bits per heavy atom. The van der Waals surface area contributed by atoms with Crippen molar-refractivity contribution in [1.29, 1.82) is 0 Å². The fourth-order valence-electron chi connectivity index (χ4n) is 2.45. The van der Waals surface area contributed by atoms with E-state index in [1.54, 1.807) is 6.07 Å². The van der Waals surface area contributed by atoms with Crippen molar-refractivity contribution in [3.8, 4) is 0 Å². The summed E-state index contributed by atoms with van der Waals surface area (Å²) in [6.07, 6.45) is 1.67. The van der Waals surface area contributed by atoms with Crippen LogP contribution in [0.25, 0.3) is 0 Å². The third kappa shape index (κ3) is 2.37. The lowest BCUT2D eigenvalue weighted by molar-refractivity contribution is 0.549. The predicted molar refractivity (Wildman–Crippen MR) is 73.7 cm³/mol. The van der Waals surface area contributed by atoms with Crippen LogP contribution in [0.2, 0.25) is 0 Å². The van der Waals surface area contributed by atoms with Gasteiger partial charge in [-0.25, -0.2) is 8.42 Å². The van der Waals surface area contributed by atoms with E-state index in [0.29, 0.717) is 11.4 Å². The highest BCUT2D eigenvalue weighted by atomic mass is 32.2. The van der Waals surface area contributed by atoms with Gasteiger partial charge in [0, 0.05) is 13.1 Å². The number of sulfone groups is 1. The van der Waals surface area contributed by atoms with Crippen LogP contribution in [-0.2, 0) is 9.84 Å². The third-order valence-corrected chi connectivity index (χ3v) is 5.37. The van der Waals surface area contributed by atoms with Crippen molar-refractivity contribution >= 4 is 15.5 Å². The average molecular weight is 268 g/mol. The summed E-state index contributed by atoms with van der Waals surface area (Å²) in [7, 11) is -1.19. The van der Waals surface area contributed by atoms with E-state index in [-0.39, 0.29) is 11.8 Å². The zero-order valence-electron chi connectivity index (χ0n) is 10.9. The Labute approximate surface area is 109 Å². The van der Waals surface area contributed by atoms with Crippen molar-refractivity contribution in [3.05, 3.63) is 23.8 Å². The molecule has 1 unspecified atom stereocenters. The van der Waals surface area contributed by atoms with E-state index in [1.807, 2.05) is 26.1 Å². The second-order valence-electron chi connectivity index (χ2n) is 4.95. The quantitative estimate of drug-likeness (QED) is 0.898. The molecule has 0 spiro atoms. The number of hydrogen-bond donors (Lipinski definition) is 1. The molecule has 1 aliphatic rings. The highest BCUT2D eigenvalue weighted by Crippen LogP contribution is 2.34. The highest BCUT2D eigenvalue weighted by Gasteiger charge is 2.33. The summed E-state index contributed by atoms with van der Waals surface area (Å²) in [6.45, 7) is 2.58. The molecular weight excluding hydrogens is 248 g/mol. The van der Waals surface area contributed by atoms with Gasteiger partial charge in [-0.3, -0.25) is 0 Å². The van der Waals surface area contributed by atoms with Gasteiger partial charge in [0.25, 0.3) is 0 Å². The molecule has 100 valence electrons. The first-order valence-electron chi connectivity index (χ1n) is 6.22. The molecule has 2 N–H and O–H groups in total. The molecule has 0 bridgehead atoms. The summed E-state index contributed by atoms with van der Waals surface area (Å²) in [5.74, 6) is 0.194. The van der Waals surface area contributed by atoms with E-state index < -0.39 is 9.84 Å². The molecule has 4 nitrogen and oxygen atoms in total. The van der Waals surface area contributed by atoms with Gasteiger partial charge in [0.2, 0.25) is 0 Å². The van der Waals surface area contributed by atoms with Gasteiger partial charge < -0.3 is 10.6 Å². The van der Waals surface area contributed by atoms with E-state index in [2.05, 4.69) is 4.90 Å². The van der Waals surface area contributed by atoms with Crippen LogP contribution in [-0.4, -0.2) is 33.8 Å². The third-order valence-electron chi connectivity index (χ3n) is 3.53. The minimum Gasteiger partial charge on any atom is -0.370 e. The van der Waals surface area contributed by atoms with Crippen LogP contribution >= 0.6 is 0 Å². The van der Waals surface area contributed by atoms with Crippen LogP contribution in [0, 0.1) is 6.92 Å². The van der Waals surface area contributed by atoms with Crippen molar-refractivity contribution < 1.29 is 8.42 Å². The first-order valence-corrected chi connectivity index (χ1v) is 7.87. The van der Waals surface area contributed by atoms with Gasteiger partial charge in [-0.1, -0.05) is 6.07 Å². The number of fused-ring (bicyclic) bond motifs is 1. The van der Waals surface area contributed by atoms with Crippen LogP contribution < -0.4 is 10.6 Å². The predicted octanol–water partition coefficient (Wildman–Crippen LogP) is 1.33. The number of hydrogen-bond acceptors (Lipinski definition) is 4. The number of rotatable bonds is 3. The molecule has 0 amide bonds. The number of anilines is 1. The second-order valence-corrected chi connectivity index (χ2v) is 6.95. The fourth-order valence-corrected chi connectivity index (χ4v) is 4.32. The minimum atomic E-state index is -3.15. The maximum Gasteiger partial charge on any atom is 0.182 e. The highest BCUT2D eigenvalue weighted by molar-refractivity contribution is 7.91. The number of aryl methyl sites for hydroxylation is 1. The van der Waals surface area contributed by atoms with Crippen LogP contribution in [0.4, 0.5) is 5.69 Å². The molecule has 5 heteroatoms. The van der Waals surface area contributed by atoms with Gasteiger partial charge in [0.05, 0.1) is 16.3 Å². The van der Waals surface area contributed by atoms with Crippen molar-refractivity contribution in [3.63, 3.8) is 0 Å². The SMILES string of the molecule is Cc1ccc2c(c1)N(C)C(CCCN)CS2(=O)=O. The van der Waals surface area contributed by atoms with Crippen LogP contribution in [0.15, 0.2) is 23.1 Å². The molecule has 2 rings (SSSR count). The van der Waals surface area contributed by atoms with Crippen LogP contribution in [0.3, 0.4) is 0 Å².